The van der Waals surface area contributed by atoms with Crippen LogP contribution in [0.3, 0.4) is 0 Å². The average molecular weight is 284 g/mol. The third kappa shape index (κ3) is 7.64. The third-order valence-corrected chi connectivity index (χ3v) is 3.31. The van der Waals surface area contributed by atoms with Crippen LogP contribution in [0.1, 0.15) is 13.3 Å². The Kier molecular flexibility index (Phi) is 9.98. The van der Waals surface area contributed by atoms with E-state index in [9.17, 15) is 4.79 Å². The maximum absolute atomic E-state index is 11.0. The van der Waals surface area contributed by atoms with E-state index in [0.29, 0.717) is 6.54 Å². The second-order valence-electron chi connectivity index (χ2n) is 2.75. The van der Waals surface area contributed by atoms with E-state index in [1.54, 1.807) is 0 Å². The van der Waals surface area contributed by atoms with Gasteiger partial charge >= 0.3 is 5.97 Å². The standard InChI is InChI=1S/C9H18BrNO2S/c1-3-14-6-4-5-11-7-8(10)9(12)13-2/h8,11H,3-7H2,1-2H3. The monoisotopic (exact) mass is 283 g/mol. The number of alkyl halides is 1. The number of hydrogen-bond acceptors (Lipinski definition) is 4. The van der Waals surface area contributed by atoms with Gasteiger partial charge in [-0.1, -0.05) is 22.9 Å². The molecular weight excluding hydrogens is 266 g/mol. The van der Waals surface area contributed by atoms with Crippen LogP contribution < -0.4 is 5.32 Å². The Morgan fingerprint density at radius 2 is 2.36 bits per heavy atom. The molecule has 0 aliphatic carbocycles. The summed E-state index contributed by atoms with van der Waals surface area (Å²) >= 11 is 5.18. The Labute approximate surface area is 98.5 Å². The molecule has 5 heteroatoms. The first-order chi connectivity index (χ1) is 6.72. The molecule has 0 amide bonds. The highest BCUT2D eigenvalue weighted by molar-refractivity contribution is 9.10. The molecule has 1 N–H and O–H groups in total. The van der Waals surface area contributed by atoms with Gasteiger partial charge in [0.05, 0.1) is 7.11 Å². The van der Waals surface area contributed by atoms with Gasteiger partial charge in [0.15, 0.2) is 0 Å². The number of carbonyl (C=O) groups is 1. The van der Waals surface area contributed by atoms with Crippen molar-refractivity contribution in [1.82, 2.24) is 5.32 Å². The van der Waals surface area contributed by atoms with Gasteiger partial charge in [0, 0.05) is 6.54 Å². The quantitative estimate of drug-likeness (QED) is 0.418. The van der Waals surface area contributed by atoms with Gasteiger partial charge in [-0.25, -0.2) is 0 Å². The summed E-state index contributed by atoms with van der Waals surface area (Å²) in [6.45, 7) is 3.74. The largest absolute Gasteiger partial charge is 0.468 e. The first-order valence-electron chi connectivity index (χ1n) is 4.72. The normalized spacial score (nSPS) is 12.5. The third-order valence-electron chi connectivity index (χ3n) is 1.63. The fourth-order valence-electron chi connectivity index (χ4n) is 0.884. The van der Waals surface area contributed by atoms with Gasteiger partial charge < -0.3 is 10.1 Å². The first-order valence-corrected chi connectivity index (χ1v) is 6.79. The van der Waals surface area contributed by atoms with Crippen LogP contribution in [0, 0.1) is 0 Å². The molecule has 0 spiro atoms. The van der Waals surface area contributed by atoms with Crippen LogP contribution in [0.5, 0.6) is 0 Å². The Morgan fingerprint density at radius 3 is 2.93 bits per heavy atom. The van der Waals surface area contributed by atoms with Crippen LogP contribution in [0.4, 0.5) is 0 Å². The SMILES string of the molecule is CCSCCCNCC(Br)C(=O)OC. The average Bonchev–Trinajstić information content (AvgIpc) is 2.21. The van der Waals surface area contributed by atoms with Crippen LogP contribution in [0.15, 0.2) is 0 Å². The highest BCUT2D eigenvalue weighted by Gasteiger charge is 2.13. The summed E-state index contributed by atoms with van der Waals surface area (Å²) in [4.78, 5) is 10.7. The van der Waals surface area contributed by atoms with Crippen molar-refractivity contribution in [1.29, 1.82) is 0 Å². The van der Waals surface area contributed by atoms with E-state index in [-0.39, 0.29) is 10.8 Å². The molecule has 0 saturated carbocycles. The molecule has 0 aromatic heterocycles. The van der Waals surface area contributed by atoms with Crippen molar-refractivity contribution < 1.29 is 9.53 Å². The van der Waals surface area contributed by atoms with E-state index in [0.717, 1.165) is 13.0 Å². The van der Waals surface area contributed by atoms with Crippen LogP contribution in [0.25, 0.3) is 0 Å². The van der Waals surface area contributed by atoms with Crippen LogP contribution in [0.2, 0.25) is 0 Å². The lowest BCUT2D eigenvalue weighted by Crippen LogP contribution is -2.30. The van der Waals surface area contributed by atoms with E-state index >= 15 is 0 Å². The molecule has 0 aliphatic heterocycles. The molecule has 0 rings (SSSR count). The molecule has 0 aromatic rings. The zero-order valence-electron chi connectivity index (χ0n) is 8.72. The molecule has 0 heterocycles. The number of nitrogens with one attached hydrogen (secondary N) is 1. The predicted molar refractivity (Wildman–Crippen MR) is 65.2 cm³/mol. The highest BCUT2D eigenvalue weighted by Crippen LogP contribution is 2.01. The molecule has 0 aliphatic rings. The lowest BCUT2D eigenvalue weighted by atomic mass is 10.4. The number of hydrogen-bond donors (Lipinski definition) is 1. The van der Waals surface area contributed by atoms with Crippen molar-refractivity contribution in [2.45, 2.75) is 18.2 Å². The van der Waals surface area contributed by atoms with Crippen molar-refractivity contribution in [2.75, 3.05) is 31.7 Å². The summed E-state index contributed by atoms with van der Waals surface area (Å²) in [5.74, 6) is 2.12. The van der Waals surface area contributed by atoms with Crippen molar-refractivity contribution in [2.24, 2.45) is 0 Å². The summed E-state index contributed by atoms with van der Waals surface area (Å²) in [5.41, 5.74) is 0. The van der Waals surface area contributed by atoms with Crippen LogP contribution in [-0.4, -0.2) is 42.5 Å². The number of thioether (sulfide) groups is 1. The van der Waals surface area contributed by atoms with Gasteiger partial charge in [0.25, 0.3) is 0 Å². The molecule has 3 nitrogen and oxygen atoms in total. The highest BCUT2D eigenvalue weighted by atomic mass is 79.9. The fraction of sp³-hybridized carbons (Fsp3) is 0.889. The molecule has 1 unspecified atom stereocenters. The Hall–Kier alpha value is 0.260. The number of esters is 1. The number of methoxy groups -OCH3 is 1. The zero-order chi connectivity index (χ0) is 10.8. The van der Waals surface area contributed by atoms with E-state index in [4.69, 9.17) is 0 Å². The van der Waals surface area contributed by atoms with E-state index in [2.05, 4.69) is 32.9 Å². The molecule has 84 valence electrons. The van der Waals surface area contributed by atoms with Crippen molar-refractivity contribution >= 4 is 33.7 Å². The minimum atomic E-state index is -0.230. The predicted octanol–water partition coefficient (Wildman–Crippen LogP) is 1.66. The number of rotatable bonds is 8. The van der Waals surface area contributed by atoms with Gasteiger partial charge in [0.1, 0.15) is 4.83 Å². The molecule has 0 aromatic carbocycles. The molecule has 14 heavy (non-hydrogen) atoms. The zero-order valence-corrected chi connectivity index (χ0v) is 11.1. The summed E-state index contributed by atoms with van der Waals surface area (Å²) < 4.78 is 4.58. The first kappa shape index (κ1) is 14.3. The summed E-state index contributed by atoms with van der Waals surface area (Å²) in [5, 5.41) is 3.20. The lowest BCUT2D eigenvalue weighted by molar-refractivity contribution is -0.139. The lowest BCUT2D eigenvalue weighted by Gasteiger charge is -2.08. The van der Waals surface area contributed by atoms with Crippen LogP contribution in [-0.2, 0) is 9.53 Å². The maximum atomic E-state index is 11.0. The van der Waals surface area contributed by atoms with Crippen molar-refractivity contribution in [3.63, 3.8) is 0 Å². The summed E-state index contributed by atoms with van der Waals surface area (Å²) in [7, 11) is 1.40. The Morgan fingerprint density at radius 1 is 1.64 bits per heavy atom. The van der Waals surface area contributed by atoms with Gasteiger partial charge in [-0.2, -0.15) is 11.8 Å². The summed E-state index contributed by atoms with van der Waals surface area (Å²) in [6, 6.07) is 0. The topological polar surface area (TPSA) is 38.3 Å². The van der Waals surface area contributed by atoms with Gasteiger partial charge in [-0.15, -0.1) is 0 Å². The maximum Gasteiger partial charge on any atom is 0.320 e. The smallest absolute Gasteiger partial charge is 0.320 e. The molecule has 0 radical (unpaired) electrons. The van der Waals surface area contributed by atoms with Crippen molar-refractivity contribution in [3.8, 4) is 0 Å². The van der Waals surface area contributed by atoms with Crippen molar-refractivity contribution in [3.05, 3.63) is 0 Å². The number of halogens is 1. The molecule has 0 saturated heterocycles. The molecule has 0 bridgehead atoms. The number of ether oxygens (including phenoxy) is 1. The molecule has 0 fully saturated rings. The minimum absolute atomic E-state index is 0.222. The minimum Gasteiger partial charge on any atom is -0.468 e. The molecular formula is C9H18BrNO2S. The fourth-order valence-corrected chi connectivity index (χ4v) is 1.94. The van der Waals surface area contributed by atoms with Gasteiger partial charge in [-0.3, -0.25) is 4.79 Å². The Balaban J connectivity index is 3.23. The van der Waals surface area contributed by atoms with E-state index in [1.165, 1.54) is 18.6 Å². The second kappa shape index (κ2) is 9.80. The second-order valence-corrected chi connectivity index (χ2v) is 5.24. The summed E-state index contributed by atoms with van der Waals surface area (Å²) in [6.07, 6.45) is 1.14. The van der Waals surface area contributed by atoms with E-state index in [1.807, 2.05) is 11.8 Å². The number of carbonyl (C=O) groups excluding carboxylic acids is 1. The van der Waals surface area contributed by atoms with E-state index < -0.39 is 0 Å². The Bertz CT molecular complexity index is 158. The molecule has 1 atom stereocenters. The van der Waals surface area contributed by atoms with Crippen LogP contribution >= 0.6 is 27.7 Å². The van der Waals surface area contributed by atoms with Gasteiger partial charge in [-0.05, 0) is 24.5 Å². The van der Waals surface area contributed by atoms with Gasteiger partial charge in [0.2, 0.25) is 0 Å².